The van der Waals surface area contributed by atoms with Crippen LogP contribution < -0.4 is 20.1 Å². The van der Waals surface area contributed by atoms with Gasteiger partial charge >= 0.3 is 11.8 Å². The van der Waals surface area contributed by atoms with Gasteiger partial charge in [-0.2, -0.15) is 0 Å². The molecule has 1 unspecified atom stereocenters. The molecule has 126 valence electrons. The zero-order valence-electron chi connectivity index (χ0n) is 12.7. The van der Waals surface area contributed by atoms with E-state index in [0.717, 1.165) is 4.88 Å². The fourth-order valence-electron chi connectivity index (χ4n) is 2.16. The van der Waals surface area contributed by atoms with Gasteiger partial charge in [0.25, 0.3) is 0 Å². The average Bonchev–Trinajstić information content (AvgIpc) is 3.14. The van der Waals surface area contributed by atoms with Gasteiger partial charge < -0.3 is 25.2 Å². The SMILES string of the molecule is O=C(NCC(O)c1cccs1)C(=O)Nc1ccc2c(c1)OCCO2. The lowest BCUT2D eigenvalue weighted by molar-refractivity contribution is -0.136. The summed E-state index contributed by atoms with van der Waals surface area (Å²) >= 11 is 1.38. The van der Waals surface area contributed by atoms with Gasteiger partial charge in [-0.3, -0.25) is 9.59 Å². The largest absolute Gasteiger partial charge is 0.486 e. The number of benzene rings is 1. The third-order valence-electron chi connectivity index (χ3n) is 3.33. The molecule has 3 rings (SSSR count). The van der Waals surface area contributed by atoms with E-state index in [-0.39, 0.29) is 6.54 Å². The van der Waals surface area contributed by atoms with Crippen LogP contribution in [0.15, 0.2) is 35.7 Å². The molecule has 0 saturated heterocycles. The summed E-state index contributed by atoms with van der Waals surface area (Å²) in [6, 6.07) is 8.46. The van der Waals surface area contributed by atoms with Gasteiger partial charge in [0, 0.05) is 23.2 Å². The van der Waals surface area contributed by atoms with E-state index in [2.05, 4.69) is 10.6 Å². The summed E-state index contributed by atoms with van der Waals surface area (Å²) in [4.78, 5) is 24.5. The maximum absolute atomic E-state index is 11.9. The summed E-state index contributed by atoms with van der Waals surface area (Å²) < 4.78 is 10.8. The number of hydrogen-bond donors (Lipinski definition) is 3. The van der Waals surface area contributed by atoms with Gasteiger partial charge in [-0.05, 0) is 23.6 Å². The topological polar surface area (TPSA) is 96.9 Å². The lowest BCUT2D eigenvalue weighted by Crippen LogP contribution is -2.37. The lowest BCUT2D eigenvalue weighted by atomic mass is 10.2. The molecule has 1 atom stereocenters. The van der Waals surface area contributed by atoms with Crippen molar-refractivity contribution in [1.29, 1.82) is 0 Å². The molecule has 3 N–H and O–H groups in total. The van der Waals surface area contributed by atoms with Gasteiger partial charge in [-0.25, -0.2) is 0 Å². The number of rotatable bonds is 4. The Labute approximate surface area is 142 Å². The van der Waals surface area contributed by atoms with Crippen LogP contribution in [-0.4, -0.2) is 36.7 Å². The predicted molar refractivity (Wildman–Crippen MR) is 88.4 cm³/mol. The van der Waals surface area contributed by atoms with Crippen molar-refractivity contribution in [3.63, 3.8) is 0 Å². The van der Waals surface area contributed by atoms with Crippen LogP contribution in [0.1, 0.15) is 11.0 Å². The lowest BCUT2D eigenvalue weighted by Gasteiger charge is -2.19. The second kappa shape index (κ2) is 7.33. The van der Waals surface area contributed by atoms with Gasteiger partial charge in [0.2, 0.25) is 0 Å². The van der Waals surface area contributed by atoms with Crippen LogP contribution in [0, 0.1) is 0 Å². The Balaban J connectivity index is 1.53. The minimum absolute atomic E-state index is 0.0338. The van der Waals surface area contributed by atoms with Crippen molar-refractivity contribution < 1.29 is 24.2 Å². The standard InChI is InChI=1S/C16H16N2O5S/c19-11(14-2-1-7-24-14)9-17-15(20)16(21)18-10-3-4-12-13(8-10)23-6-5-22-12/h1-4,7-8,11,19H,5-6,9H2,(H,17,20)(H,18,21). The molecule has 1 aromatic carbocycles. The van der Waals surface area contributed by atoms with E-state index in [0.29, 0.717) is 30.4 Å². The molecule has 1 aliphatic rings. The number of carbonyl (C=O) groups is 2. The van der Waals surface area contributed by atoms with Crippen molar-refractivity contribution in [2.75, 3.05) is 25.1 Å². The number of carbonyl (C=O) groups excluding carboxylic acids is 2. The molecule has 2 heterocycles. The van der Waals surface area contributed by atoms with E-state index in [1.807, 2.05) is 5.38 Å². The summed E-state index contributed by atoms with van der Waals surface area (Å²) in [5, 5.41) is 16.6. The van der Waals surface area contributed by atoms with Crippen molar-refractivity contribution in [2.24, 2.45) is 0 Å². The highest BCUT2D eigenvalue weighted by atomic mass is 32.1. The highest BCUT2D eigenvalue weighted by Crippen LogP contribution is 2.32. The van der Waals surface area contributed by atoms with Crippen LogP contribution in [0.2, 0.25) is 0 Å². The average molecular weight is 348 g/mol. The highest BCUT2D eigenvalue weighted by Gasteiger charge is 2.18. The number of nitrogens with one attached hydrogen (secondary N) is 2. The Hall–Kier alpha value is -2.58. The van der Waals surface area contributed by atoms with Crippen LogP contribution in [0.3, 0.4) is 0 Å². The number of amides is 2. The van der Waals surface area contributed by atoms with Crippen molar-refractivity contribution in [3.8, 4) is 11.5 Å². The van der Waals surface area contributed by atoms with Crippen LogP contribution in [0.5, 0.6) is 11.5 Å². The Morgan fingerprint density at radius 1 is 1.17 bits per heavy atom. The first-order valence-corrected chi connectivity index (χ1v) is 8.22. The van der Waals surface area contributed by atoms with Gasteiger partial charge in [-0.1, -0.05) is 6.07 Å². The monoisotopic (exact) mass is 348 g/mol. The number of anilines is 1. The minimum atomic E-state index is -0.837. The number of ether oxygens (including phenoxy) is 2. The van der Waals surface area contributed by atoms with Crippen LogP contribution in [0.25, 0.3) is 0 Å². The summed E-state index contributed by atoms with van der Waals surface area (Å²) in [5.41, 5.74) is 0.429. The van der Waals surface area contributed by atoms with Gasteiger partial charge in [0.05, 0.1) is 0 Å². The zero-order chi connectivity index (χ0) is 16.9. The normalized spacial score (nSPS) is 13.9. The van der Waals surface area contributed by atoms with E-state index in [4.69, 9.17) is 9.47 Å². The molecule has 0 bridgehead atoms. The van der Waals surface area contributed by atoms with E-state index < -0.39 is 17.9 Å². The molecule has 0 radical (unpaired) electrons. The molecule has 2 aromatic rings. The third kappa shape index (κ3) is 3.84. The molecule has 2 amide bonds. The molecule has 0 saturated carbocycles. The minimum Gasteiger partial charge on any atom is -0.486 e. The second-order valence-electron chi connectivity index (χ2n) is 5.05. The number of fused-ring (bicyclic) bond motifs is 1. The molecule has 0 spiro atoms. The van der Waals surface area contributed by atoms with Crippen molar-refractivity contribution in [3.05, 3.63) is 40.6 Å². The summed E-state index contributed by atoms with van der Waals surface area (Å²) in [7, 11) is 0. The third-order valence-corrected chi connectivity index (χ3v) is 4.31. The Morgan fingerprint density at radius 3 is 2.71 bits per heavy atom. The molecule has 7 nitrogen and oxygen atoms in total. The van der Waals surface area contributed by atoms with Crippen molar-refractivity contribution >= 4 is 28.8 Å². The van der Waals surface area contributed by atoms with E-state index in [1.165, 1.54) is 11.3 Å². The first-order chi connectivity index (χ1) is 11.6. The Bertz CT molecular complexity index is 732. The molecule has 1 aromatic heterocycles. The van der Waals surface area contributed by atoms with E-state index in [1.54, 1.807) is 30.3 Å². The number of aliphatic hydroxyl groups is 1. The first-order valence-electron chi connectivity index (χ1n) is 7.34. The Morgan fingerprint density at radius 2 is 1.96 bits per heavy atom. The summed E-state index contributed by atoms with van der Waals surface area (Å²) in [5.74, 6) is -0.513. The number of aliphatic hydroxyl groups excluding tert-OH is 1. The molecular weight excluding hydrogens is 332 g/mol. The first kappa shape index (κ1) is 16.3. The number of thiophene rings is 1. The second-order valence-corrected chi connectivity index (χ2v) is 6.03. The van der Waals surface area contributed by atoms with Crippen LogP contribution in [-0.2, 0) is 9.59 Å². The van der Waals surface area contributed by atoms with Gasteiger partial charge in [0.15, 0.2) is 11.5 Å². The summed E-state index contributed by atoms with van der Waals surface area (Å²) in [6.45, 7) is 0.882. The highest BCUT2D eigenvalue weighted by molar-refractivity contribution is 7.10. The fraction of sp³-hybridized carbons (Fsp3) is 0.250. The smallest absolute Gasteiger partial charge is 0.313 e. The molecular formula is C16H16N2O5S. The quantitative estimate of drug-likeness (QED) is 0.724. The van der Waals surface area contributed by atoms with E-state index >= 15 is 0 Å². The predicted octanol–water partition coefficient (Wildman–Crippen LogP) is 1.31. The molecule has 0 aliphatic carbocycles. The van der Waals surface area contributed by atoms with Gasteiger partial charge in [0.1, 0.15) is 19.3 Å². The fourth-order valence-corrected chi connectivity index (χ4v) is 2.87. The van der Waals surface area contributed by atoms with Gasteiger partial charge in [-0.15, -0.1) is 11.3 Å². The maximum Gasteiger partial charge on any atom is 0.313 e. The molecule has 24 heavy (non-hydrogen) atoms. The van der Waals surface area contributed by atoms with Crippen LogP contribution >= 0.6 is 11.3 Å². The zero-order valence-corrected chi connectivity index (χ0v) is 13.5. The van der Waals surface area contributed by atoms with E-state index in [9.17, 15) is 14.7 Å². The molecule has 0 fully saturated rings. The van der Waals surface area contributed by atoms with Crippen LogP contribution in [0.4, 0.5) is 5.69 Å². The summed E-state index contributed by atoms with van der Waals surface area (Å²) in [6.07, 6.45) is -0.837. The molecule has 1 aliphatic heterocycles. The molecule has 8 heteroatoms. The maximum atomic E-state index is 11.9. The Kier molecular flexibility index (Phi) is 4.97. The van der Waals surface area contributed by atoms with Crippen molar-refractivity contribution in [2.45, 2.75) is 6.10 Å². The number of hydrogen-bond acceptors (Lipinski definition) is 6. The van der Waals surface area contributed by atoms with Crippen molar-refractivity contribution in [1.82, 2.24) is 5.32 Å².